The number of piperidine rings is 1. The van der Waals surface area contributed by atoms with Gasteiger partial charge in [-0.05, 0) is 54.5 Å². The van der Waals surface area contributed by atoms with Gasteiger partial charge in [0.2, 0.25) is 0 Å². The van der Waals surface area contributed by atoms with E-state index in [0.29, 0.717) is 22.3 Å². The van der Waals surface area contributed by atoms with Crippen molar-refractivity contribution in [3.05, 3.63) is 64.6 Å². The van der Waals surface area contributed by atoms with Gasteiger partial charge in [0.05, 0.1) is 17.4 Å². The zero-order chi connectivity index (χ0) is 23.6. The van der Waals surface area contributed by atoms with Crippen LogP contribution in [-0.4, -0.2) is 44.7 Å². The van der Waals surface area contributed by atoms with Crippen LogP contribution in [0, 0.1) is 28.5 Å². The molecule has 1 saturated heterocycles. The molecule has 1 aromatic heterocycles. The van der Waals surface area contributed by atoms with Crippen LogP contribution < -0.4 is 0 Å². The van der Waals surface area contributed by atoms with E-state index in [1.807, 2.05) is 24.3 Å². The van der Waals surface area contributed by atoms with Gasteiger partial charge in [0.25, 0.3) is 0 Å². The highest BCUT2D eigenvalue weighted by Gasteiger charge is 2.32. The van der Waals surface area contributed by atoms with Gasteiger partial charge in [-0.3, -0.25) is 4.90 Å². The van der Waals surface area contributed by atoms with Crippen LogP contribution in [-0.2, 0) is 6.54 Å². The SMILES string of the molecule is CC(C)(CO)[C@H]1CCCN(Cc2ccc(-c3cn(-c4ccc(C#N)c(F)c4)nn3)cc2Cl)C1. The molecule has 1 N–H and O–H groups in total. The minimum Gasteiger partial charge on any atom is -0.396 e. The normalized spacial score (nSPS) is 17.2. The van der Waals surface area contributed by atoms with Crippen LogP contribution in [0.25, 0.3) is 16.9 Å². The molecule has 2 heterocycles. The predicted molar refractivity (Wildman–Crippen MR) is 125 cm³/mol. The van der Waals surface area contributed by atoms with E-state index < -0.39 is 5.82 Å². The Labute approximate surface area is 198 Å². The Morgan fingerprint density at radius 1 is 1.27 bits per heavy atom. The number of hydrogen-bond donors (Lipinski definition) is 1. The molecule has 0 saturated carbocycles. The molecule has 33 heavy (non-hydrogen) atoms. The van der Waals surface area contributed by atoms with Gasteiger partial charge in [-0.15, -0.1) is 5.10 Å². The Balaban J connectivity index is 1.48. The first-order valence-electron chi connectivity index (χ1n) is 11.0. The summed E-state index contributed by atoms with van der Waals surface area (Å²) in [7, 11) is 0. The molecule has 0 aliphatic carbocycles. The highest BCUT2D eigenvalue weighted by atomic mass is 35.5. The first kappa shape index (κ1) is 23.4. The van der Waals surface area contributed by atoms with Gasteiger partial charge in [0.1, 0.15) is 17.6 Å². The number of nitriles is 1. The molecule has 0 amide bonds. The van der Waals surface area contributed by atoms with Crippen molar-refractivity contribution in [1.82, 2.24) is 19.9 Å². The molecule has 1 aliphatic heterocycles. The lowest BCUT2D eigenvalue weighted by Gasteiger charge is -2.40. The second kappa shape index (κ2) is 9.60. The maximum Gasteiger partial charge on any atom is 0.143 e. The smallest absolute Gasteiger partial charge is 0.143 e. The third-order valence-corrected chi connectivity index (χ3v) is 6.94. The Morgan fingerprint density at radius 3 is 2.79 bits per heavy atom. The van der Waals surface area contributed by atoms with Crippen molar-refractivity contribution in [2.45, 2.75) is 33.2 Å². The molecule has 4 rings (SSSR count). The molecule has 0 radical (unpaired) electrons. The average molecular weight is 468 g/mol. The van der Waals surface area contributed by atoms with Crippen LogP contribution in [0.15, 0.2) is 42.6 Å². The van der Waals surface area contributed by atoms with E-state index in [4.69, 9.17) is 16.9 Å². The molecule has 6 nitrogen and oxygen atoms in total. The summed E-state index contributed by atoms with van der Waals surface area (Å²) < 4.78 is 15.4. The summed E-state index contributed by atoms with van der Waals surface area (Å²) in [5.41, 5.74) is 2.87. The maximum absolute atomic E-state index is 13.9. The number of hydrogen-bond acceptors (Lipinski definition) is 5. The molecular formula is C25H27ClFN5O. The summed E-state index contributed by atoms with van der Waals surface area (Å²) >= 11 is 6.63. The van der Waals surface area contributed by atoms with Crippen molar-refractivity contribution < 1.29 is 9.50 Å². The number of halogens is 2. The Hall–Kier alpha value is -2.79. The number of rotatable bonds is 6. The van der Waals surface area contributed by atoms with Crippen LogP contribution in [0.4, 0.5) is 4.39 Å². The van der Waals surface area contributed by atoms with Gasteiger partial charge in [-0.1, -0.05) is 42.8 Å². The summed E-state index contributed by atoms with van der Waals surface area (Å²) in [6.07, 6.45) is 3.96. The van der Waals surface area contributed by atoms with E-state index in [9.17, 15) is 9.50 Å². The lowest BCUT2D eigenvalue weighted by Crippen LogP contribution is -2.42. The molecule has 1 aliphatic rings. The number of likely N-dealkylation sites (tertiary alicyclic amines) is 1. The van der Waals surface area contributed by atoms with E-state index in [1.54, 1.807) is 12.3 Å². The van der Waals surface area contributed by atoms with Gasteiger partial charge in [-0.25, -0.2) is 9.07 Å². The van der Waals surface area contributed by atoms with Crippen molar-refractivity contribution in [1.29, 1.82) is 5.26 Å². The number of aliphatic hydroxyl groups is 1. The van der Waals surface area contributed by atoms with Gasteiger partial charge in [0, 0.05) is 36.3 Å². The second-order valence-corrected chi connectivity index (χ2v) is 9.76. The van der Waals surface area contributed by atoms with E-state index in [0.717, 1.165) is 43.6 Å². The van der Waals surface area contributed by atoms with E-state index >= 15 is 0 Å². The second-order valence-electron chi connectivity index (χ2n) is 9.35. The molecule has 172 valence electrons. The number of aliphatic hydroxyl groups excluding tert-OH is 1. The maximum atomic E-state index is 13.9. The number of aromatic nitrogens is 3. The van der Waals surface area contributed by atoms with Gasteiger partial charge < -0.3 is 5.11 Å². The zero-order valence-electron chi connectivity index (χ0n) is 18.8. The molecule has 0 bridgehead atoms. The fourth-order valence-electron chi connectivity index (χ4n) is 4.30. The average Bonchev–Trinajstić information content (AvgIpc) is 3.31. The molecule has 1 fully saturated rings. The molecule has 0 spiro atoms. The van der Waals surface area contributed by atoms with E-state index in [-0.39, 0.29) is 17.6 Å². The standard InChI is InChI=1S/C25H27ClFN5O/c1-25(2,16-33)20-4-3-9-31(14-20)13-19-6-5-17(10-22(19)26)24-15-32(30-29-24)21-8-7-18(12-28)23(27)11-21/h5-8,10-11,15,20,33H,3-4,9,13-14,16H2,1-2H3/t20-/m0/s1. The minimum atomic E-state index is -0.596. The summed E-state index contributed by atoms with van der Waals surface area (Å²) in [6.45, 7) is 7.17. The van der Waals surface area contributed by atoms with Crippen LogP contribution in [0.5, 0.6) is 0 Å². The van der Waals surface area contributed by atoms with Crippen LogP contribution >= 0.6 is 11.6 Å². The molecule has 0 unspecified atom stereocenters. The Kier molecular flexibility index (Phi) is 6.80. The quantitative estimate of drug-likeness (QED) is 0.561. The van der Waals surface area contributed by atoms with E-state index in [1.165, 1.54) is 16.8 Å². The fraction of sp³-hybridized carbons (Fsp3) is 0.400. The van der Waals surface area contributed by atoms with E-state index in [2.05, 4.69) is 29.1 Å². The first-order chi connectivity index (χ1) is 15.8. The minimum absolute atomic E-state index is 0.0126. The van der Waals surface area contributed by atoms with Crippen molar-refractivity contribution in [2.24, 2.45) is 11.3 Å². The summed E-state index contributed by atoms with van der Waals surface area (Å²) in [5.74, 6) is -0.141. The monoisotopic (exact) mass is 467 g/mol. The third-order valence-electron chi connectivity index (χ3n) is 6.59. The summed E-state index contributed by atoms with van der Waals surface area (Å²) in [4.78, 5) is 2.40. The highest BCUT2D eigenvalue weighted by Crippen LogP contribution is 2.34. The molecule has 3 aromatic rings. The van der Waals surface area contributed by atoms with Crippen LogP contribution in [0.1, 0.15) is 37.8 Å². The van der Waals surface area contributed by atoms with Crippen molar-refractivity contribution in [3.8, 4) is 23.0 Å². The number of benzene rings is 2. The largest absolute Gasteiger partial charge is 0.396 e. The fourth-order valence-corrected chi connectivity index (χ4v) is 4.54. The topological polar surface area (TPSA) is 78.0 Å². The number of nitrogens with zero attached hydrogens (tertiary/aromatic N) is 5. The Bertz CT molecular complexity index is 1190. The van der Waals surface area contributed by atoms with Crippen LogP contribution in [0.2, 0.25) is 5.02 Å². The lowest BCUT2D eigenvalue weighted by atomic mass is 9.75. The molecule has 8 heteroatoms. The van der Waals surface area contributed by atoms with Gasteiger partial charge in [0.15, 0.2) is 0 Å². The summed E-state index contributed by atoms with van der Waals surface area (Å²) in [6, 6.07) is 12.0. The third kappa shape index (κ3) is 5.09. The zero-order valence-corrected chi connectivity index (χ0v) is 19.6. The highest BCUT2D eigenvalue weighted by molar-refractivity contribution is 6.31. The summed E-state index contributed by atoms with van der Waals surface area (Å²) in [5, 5.41) is 27.6. The molecular weight excluding hydrogens is 441 g/mol. The van der Waals surface area contributed by atoms with Crippen LogP contribution in [0.3, 0.4) is 0 Å². The lowest BCUT2D eigenvalue weighted by molar-refractivity contribution is 0.0382. The molecule has 1 atom stereocenters. The van der Waals surface area contributed by atoms with Crippen molar-refractivity contribution >= 4 is 11.6 Å². The van der Waals surface area contributed by atoms with Crippen molar-refractivity contribution in [3.63, 3.8) is 0 Å². The van der Waals surface area contributed by atoms with Crippen molar-refractivity contribution in [2.75, 3.05) is 19.7 Å². The molecule has 2 aromatic carbocycles. The van der Waals surface area contributed by atoms with Gasteiger partial charge >= 0.3 is 0 Å². The Morgan fingerprint density at radius 2 is 2.09 bits per heavy atom. The first-order valence-corrected chi connectivity index (χ1v) is 11.4. The van der Waals surface area contributed by atoms with Gasteiger partial charge in [-0.2, -0.15) is 5.26 Å². The predicted octanol–water partition coefficient (Wildman–Crippen LogP) is 4.83.